The molecule has 1 amide bonds. The third-order valence-electron chi connectivity index (χ3n) is 1.61. The zero-order valence-electron chi connectivity index (χ0n) is 7.86. The van der Waals surface area contributed by atoms with Crippen molar-refractivity contribution in [2.24, 2.45) is 0 Å². The first kappa shape index (κ1) is 11.9. The lowest BCUT2D eigenvalue weighted by Gasteiger charge is -2.16. The van der Waals surface area contributed by atoms with Crippen molar-refractivity contribution < 1.29 is 19.8 Å². The Morgan fingerprint density at radius 1 is 1.46 bits per heavy atom. The average Bonchev–Trinajstić information content (AvgIpc) is 1.98. The monoisotopic (exact) mass is 189 g/mol. The molecule has 0 aromatic rings. The normalized spacial score (nSPS) is 12.2. The second-order valence-corrected chi connectivity index (χ2v) is 3.02. The Labute approximate surface area is 77.0 Å². The fourth-order valence-electron chi connectivity index (χ4n) is 0.770. The summed E-state index contributed by atoms with van der Waals surface area (Å²) in [6.07, 6.45) is -0.502. The highest BCUT2D eigenvalue weighted by molar-refractivity contribution is 5.93. The van der Waals surface area contributed by atoms with Crippen LogP contribution < -0.4 is 0 Å². The van der Waals surface area contributed by atoms with E-state index < -0.39 is 24.4 Å². The van der Waals surface area contributed by atoms with Gasteiger partial charge >= 0.3 is 5.97 Å². The van der Waals surface area contributed by atoms with Crippen LogP contribution in [0.25, 0.3) is 0 Å². The molecule has 2 N–H and O–H groups in total. The molecule has 5 heteroatoms. The molecule has 0 saturated heterocycles. The topological polar surface area (TPSA) is 77.8 Å². The van der Waals surface area contributed by atoms with Crippen molar-refractivity contribution >= 4 is 11.9 Å². The summed E-state index contributed by atoms with van der Waals surface area (Å²) in [5.74, 6) is -1.57. The van der Waals surface area contributed by atoms with E-state index in [1.807, 2.05) is 0 Å². The molecule has 0 aliphatic heterocycles. The quantitative estimate of drug-likeness (QED) is 0.581. The Bertz CT molecular complexity index is 191. The second-order valence-electron chi connectivity index (χ2n) is 3.02. The van der Waals surface area contributed by atoms with Crippen molar-refractivity contribution in [3.63, 3.8) is 0 Å². The lowest BCUT2D eigenvalue weighted by molar-refractivity contribution is -0.143. The molecule has 0 aliphatic carbocycles. The fourth-order valence-corrected chi connectivity index (χ4v) is 0.770. The molecule has 0 radical (unpaired) electrons. The molecule has 0 rings (SSSR count). The number of aliphatic hydroxyl groups excluding tert-OH is 1. The number of amides is 1. The molecule has 0 fully saturated rings. The number of nitrogens with zero attached hydrogens (tertiary/aromatic N) is 1. The van der Waals surface area contributed by atoms with Crippen molar-refractivity contribution in [1.29, 1.82) is 0 Å². The Morgan fingerprint density at radius 3 is 2.38 bits per heavy atom. The molecule has 0 heterocycles. The standard InChI is InChI=1S/C8H15NO4/c1-6(10)3-4-9(2)7(11)5-8(12)13/h6,10H,3-5H2,1-2H3,(H,12,13). The predicted molar refractivity (Wildman–Crippen MR) is 46.2 cm³/mol. The van der Waals surface area contributed by atoms with E-state index in [2.05, 4.69) is 0 Å². The van der Waals surface area contributed by atoms with Crippen LogP contribution in [0.15, 0.2) is 0 Å². The molecular weight excluding hydrogens is 174 g/mol. The zero-order valence-corrected chi connectivity index (χ0v) is 7.86. The molecule has 0 aliphatic rings. The second kappa shape index (κ2) is 5.53. The van der Waals surface area contributed by atoms with Crippen molar-refractivity contribution in [3.8, 4) is 0 Å². The summed E-state index contributed by atoms with van der Waals surface area (Å²) < 4.78 is 0. The van der Waals surface area contributed by atoms with Crippen LogP contribution in [0.5, 0.6) is 0 Å². The van der Waals surface area contributed by atoms with E-state index >= 15 is 0 Å². The van der Waals surface area contributed by atoms with Crippen molar-refractivity contribution in [2.45, 2.75) is 25.9 Å². The first-order valence-electron chi connectivity index (χ1n) is 4.07. The van der Waals surface area contributed by atoms with E-state index in [1.165, 1.54) is 11.9 Å². The zero-order chi connectivity index (χ0) is 10.4. The van der Waals surface area contributed by atoms with Gasteiger partial charge in [0.15, 0.2) is 0 Å². The number of carboxylic acids is 1. The fraction of sp³-hybridized carbons (Fsp3) is 0.750. The van der Waals surface area contributed by atoms with Crippen molar-refractivity contribution in [1.82, 2.24) is 4.90 Å². The first-order chi connectivity index (χ1) is 5.93. The largest absolute Gasteiger partial charge is 0.481 e. The van der Waals surface area contributed by atoms with Crippen LogP contribution in [-0.2, 0) is 9.59 Å². The molecule has 1 unspecified atom stereocenters. The highest BCUT2D eigenvalue weighted by Crippen LogP contribution is 1.96. The van der Waals surface area contributed by atoms with Gasteiger partial charge in [-0.1, -0.05) is 0 Å². The molecule has 0 spiro atoms. The number of rotatable bonds is 5. The molecule has 13 heavy (non-hydrogen) atoms. The van der Waals surface area contributed by atoms with Gasteiger partial charge in [-0.3, -0.25) is 9.59 Å². The number of carbonyl (C=O) groups is 2. The van der Waals surface area contributed by atoms with Crippen LogP contribution >= 0.6 is 0 Å². The van der Waals surface area contributed by atoms with Gasteiger partial charge in [0, 0.05) is 13.6 Å². The molecule has 0 aromatic heterocycles. The molecule has 1 atom stereocenters. The van der Waals surface area contributed by atoms with Crippen LogP contribution in [0, 0.1) is 0 Å². The minimum Gasteiger partial charge on any atom is -0.481 e. The van der Waals surface area contributed by atoms with Gasteiger partial charge < -0.3 is 15.1 Å². The highest BCUT2D eigenvalue weighted by atomic mass is 16.4. The number of hydrogen-bond acceptors (Lipinski definition) is 3. The van der Waals surface area contributed by atoms with Gasteiger partial charge in [-0.05, 0) is 13.3 Å². The van der Waals surface area contributed by atoms with Gasteiger partial charge in [0.2, 0.25) is 5.91 Å². The van der Waals surface area contributed by atoms with Crippen LogP contribution in [0.3, 0.4) is 0 Å². The van der Waals surface area contributed by atoms with Gasteiger partial charge in [-0.2, -0.15) is 0 Å². The molecule has 5 nitrogen and oxygen atoms in total. The van der Waals surface area contributed by atoms with Crippen molar-refractivity contribution in [2.75, 3.05) is 13.6 Å². The van der Waals surface area contributed by atoms with Gasteiger partial charge in [0.25, 0.3) is 0 Å². The lowest BCUT2D eigenvalue weighted by atomic mass is 10.2. The maximum absolute atomic E-state index is 11.0. The third-order valence-corrected chi connectivity index (χ3v) is 1.61. The maximum atomic E-state index is 11.0. The Kier molecular flexibility index (Phi) is 5.06. The molecule has 0 bridgehead atoms. The van der Waals surface area contributed by atoms with Crippen LogP contribution in [0.2, 0.25) is 0 Å². The van der Waals surface area contributed by atoms with Crippen LogP contribution in [0.4, 0.5) is 0 Å². The first-order valence-corrected chi connectivity index (χ1v) is 4.07. The molecule has 0 aromatic carbocycles. The molecular formula is C8H15NO4. The summed E-state index contributed by atoms with van der Waals surface area (Å²) in [5, 5.41) is 17.2. The van der Waals surface area contributed by atoms with E-state index in [9.17, 15) is 9.59 Å². The SMILES string of the molecule is CC(O)CCN(C)C(=O)CC(=O)O. The van der Waals surface area contributed by atoms with Gasteiger partial charge in [0.05, 0.1) is 6.10 Å². The van der Waals surface area contributed by atoms with E-state index in [0.29, 0.717) is 13.0 Å². The van der Waals surface area contributed by atoms with Crippen molar-refractivity contribution in [3.05, 3.63) is 0 Å². The smallest absolute Gasteiger partial charge is 0.312 e. The highest BCUT2D eigenvalue weighted by Gasteiger charge is 2.12. The summed E-state index contributed by atoms with van der Waals surface area (Å²) >= 11 is 0. The van der Waals surface area contributed by atoms with Gasteiger partial charge in [0.1, 0.15) is 6.42 Å². The number of aliphatic hydroxyl groups is 1. The lowest BCUT2D eigenvalue weighted by Crippen LogP contribution is -2.30. The summed E-state index contributed by atoms with van der Waals surface area (Å²) in [6, 6.07) is 0. The number of aliphatic carboxylic acids is 1. The van der Waals surface area contributed by atoms with E-state index in [-0.39, 0.29) is 0 Å². The molecule has 76 valence electrons. The Hall–Kier alpha value is -1.10. The number of carbonyl (C=O) groups excluding carboxylic acids is 1. The summed E-state index contributed by atoms with van der Waals surface area (Å²) in [4.78, 5) is 22.5. The number of hydrogen-bond donors (Lipinski definition) is 2. The van der Waals surface area contributed by atoms with E-state index in [1.54, 1.807) is 6.92 Å². The van der Waals surface area contributed by atoms with Gasteiger partial charge in [-0.25, -0.2) is 0 Å². The maximum Gasteiger partial charge on any atom is 0.312 e. The summed E-state index contributed by atoms with van der Waals surface area (Å²) in [6.45, 7) is 2.00. The van der Waals surface area contributed by atoms with Gasteiger partial charge in [-0.15, -0.1) is 0 Å². The van der Waals surface area contributed by atoms with E-state index in [4.69, 9.17) is 10.2 Å². The number of carboxylic acid groups (broad SMARTS) is 1. The third kappa shape index (κ3) is 6.10. The predicted octanol–water partition coefficient (Wildman–Crippen LogP) is -0.310. The summed E-state index contributed by atoms with van der Waals surface area (Å²) in [5.41, 5.74) is 0. The van der Waals surface area contributed by atoms with E-state index in [0.717, 1.165) is 0 Å². The molecule has 0 saturated carbocycles. The van der Waals surface area contributed by atoms with Crippen LogP contribution in [-0.4, -0.2) is 46.7 Å². The van der Waals surface area contributed by atoms with Crippen LogP contribution in [0.1, 0.15) is 19.8 Å². The minimum atomic E-state index is -1.13. The minimum absolute atomic E-state index is 0.379. The Balaban J connectivity index is 3.76. The average molecular weight is 189 g/mol. The summed E-state index contributed by atoms with van der Waals surface area (Å²) in [7, 11) is 1.52. The Morgan fingerprint density at radius 2 is 2.00 bits per heavy atom.